The molecule has 0 radical (unpaired) electrons. The molecule has 1 unspecified atom stereocenters. The highest BCUT2D eigenvalue weighted by Crippen LogP contribution is 2.21. The number of piperidine rings is 1. The second-order valence-electron chi connectivity index (χ2n) is 5.16. The molecule has 112 valence electrons. The SMILES string of the molecule is CC(C)OC(=O)NS(=O)(=O)N1CCC(C(C)N)CC1. The van der Waals surface area contributed by atoms with Crippen molar-refractivity contribution in [1.29, 1.82) is 0 Å². The molecule has 0 bridgehead atoms. The number of nitrogens with zero attached hydrogens (tertiary/aromatic N) is 1. The first-order valence-corrected chi connectivity index (χ1v) is 7.90. The maximum absolute atomic E-state index is 11.9. The van der Waals surface area contributed by atoms with E-state index in [1.165, 1.54) is 4.31 Å². The topological polar surface area (TPSA) is 102 Å². The van der Waals surface area contributed by atoms with Crippen molar-refractivity contribution in [2.24, 2.45) is 11.7 Å². The summed E-state index contributed by atoms with van der Waals surface area (Å²) in [6.07, 6.45) is 0.110. The average molecular weight is 293 g/mol. The van der Waals surface area contributed by atoms with E-state index in [9.17, 15) is 13.2 Å². The molecule has 1 aliphatic rings. The average Bonchev–Trinajstić information content (AvgIpc) is 2.27. The quantitative estimate of drug-likeness (QED) is 0.782. The van der Waals surface area contributed by atoms with Gasteiger partial charge in [-0.1, -0.05) is 0 Å². The van der Waals surface area contributed by atoms with E-state index in [4.69, 9.17) is 10.5 Å². The predicted molar refractivity (Wildman–Crippen MR) is 71.6 cm³/mol. The fourth-order valence-corrected chi connectivity index (χ4v) is 3.13. The van der Waals surface area contributed by atoms with Gasteiger partial charge in [-0.25, -0.2) is 9.52 Å². The summed E-state index contributed by atoms with van der Waals surface area (Å²) in [5, 5.41) is 0. The monoisotopic (exact) mass is 293 g/mol. The molecule has 0 saturated carbocycles. The molecule has 1 amide bonds. The first-order valence-electron chi connectivity index (χ1n) is 6.46. The van der Waals surface area contributed by atoms with E-state index in [1.807, 2.05) is 11.6 Å². The molecule has 1 rings (SSSR count). The molecule has 1 aliphatic heterocycles. The van der Waals surface area contributed by atoms with Crippen molar-refractivity contribution in [3.63, 3.8) is 0 Å². The van der Waals surface area contributed by atoms with Gasteiger partial charge in [0.2, 0.25) is 0 Å². The fraction of sp³-hybridized carbons (Fsp3) is 0.909. The molecule has 8 heteroatoms. The number of nitrogens with two attached hydrogens (primary N) is 1. The zero-order valence-electron chi connectivity index (χ0n) is 11.6. The second kappa shape index (κ2) is 6.53. The highest BCUT2D eigenvalue weighted by molar-refractivity contribution is 7.87. The van der Waals surface area contributed by atoms with Crippen LogP contribution in [0.15, 0.2) is 0 Å². The van der Waals surface area contributed by atoms with Gasteiger partial charge in [0.05, 0.1) is 6.10 Å². The third-order valence-corrected chi connectivity index (χ3v) is 4.61. The van der Waals surface area contributed by atoms with Crippen LogP contribution < -0.4 is 10.5 Å². The summed E-state index contributed by atoms with van der Waals surface area (Å²) in [6.45, 7) is 5.97. The minimum absolute atomic E-state index is 0.0590. The van der Waals surface area contributed by atoms with Gasteiger partial charge in [0.1, 0.15) is 0 Å². The van der Waals surface area contributed by atoms with Crippen LogP contribution in [0.5, 0.6) is 0 Å². The van der Waals surface area contributed by atoms with E-state index < -0.39 is 16.3 Å². The molecular weight excluding hydrogens is 270 g/mol. The van der Waals surface area contributed by atoms with Gasteiger partial charge in [0.25, 0.3) is 0 Å². The van der Waals surface area contributed by atoms with Gasteiger partial charge in [-0.15, -0.1) is 0 Å². The maximum atomic E-state index is 11.9. The zero-order chi connectivity index (χ0) is 14.6. The summed E-state index contributed by atoms with van der Waals surface area (Å²) >= 11 is 0. The van der Waals surface area contributed by atoms with Gasteiger partial charge >= 0.3 is 16.3 Å². The molecule has 1 heterocycles. The van der Waals surface area contributed by atoms with Gasteiger partial charge in [-0.3, -0.25) is 0 Å². The smallest absolute Gasteiger partial charge is 0.422 e. The third-order valence-electron chi connectivity index (χ3n) is 3.14. The van der Waals surface area contributed by atoms with E-state index in [0.717, 1.165) is 0 Å². The van der Waals surface area contributed by atoms with Crippen molar-refractivity contribution in [1.82, 2.24) is 9.03 Å². The maximum Gasteiger partial charge on any atom is 0.422 e. The molecule has 0 aromatic carbocycles. The normalized spacial score (nSPS) is 20.3. The first kappa shape index (κ1) is 16.2. The highest BCUT2D eigenvalue weighted by atomic mass is 32.2. The molecule has 1 fully saturated rings. The van der Waals surface area contributed by atoms with E-state index in [0.29, 0.717) is 31.8 Å². The number of ether oxygens (including phenoxy) is 1. The number of amides is 1. The van der Waals surface area contributed by atoms with Crippen LogP contribution in [0.1, 0.15) is 33.6 Å². The lowest BCUT2D eigenvalue weighted by Gasteiger charge is -2.32. The van der Waals surface area contributed by atoms with E-state index >= 15 is 0 Å². The molecule has 0 aromatic heterocycles. The Morgan fingerprint density at radius 2 is 1.84 bits per heavy atom. The minimum atomic E-state index is -3.81. The summed E-state index contributed by atoms with van der Waals surface area (Å²) in [7, 11) is -3.81. The minimum Gasteiger partial charge on any atom is -0.446 e. The Labute approximate surface area is 114 Å². The number of hydrogen-bond donors (Lipinski definition) is 2. The Balaban J connectivity index is 2.53. The largest absolute Gasteiger partial charge is 0.446 e. The van der Waals surface area contributed by atoms with Crippen LogP contribution in [0.2, 0.25) is 0 Å². The summed E-state index contributed by atoms with van der Waals surface area (Å²) in [5.74, 6) is 0.328. The summed E-state index contributed by atoms with van der Waals surface area (Å²) in [4.78, 5) is 11.3. The number of nitrogens with one attached hydrogen (secondary N) is 1. The lowest BCUT2D eigenvalue weighted by molar-refractivity contribution is 0.120. The van der Waals surface area contributed by atoms with Crippen LogP contribution in [-0.4, -0.2) is 44.1 Å². The standard InChI is InChI=1S/C11H23N3O4S/c1-8(2)18-11(15)13-19(16,17)14-6-4-10(5-7-14)9(3)12/h8-10H,4-7,12H2,1-3H3,(H,13,15). The molecule has 1 saturated heterocycles. The van der Waals surface area contributed by atoms with Crippen molar-refractivity contribution in [3.05, 3.63) is 0 Å². The Morgan fingerprint density at radius 3 is 2.26 bits per heavy atom. The van der Waals surface area contributed by atoms with Gasteiger partial charge in [0, 0.05) is 19.1 Å². The molecule has 7 nitrogen and oxygen atoms in total. The van der Waals surface area contributed by atoms with Crippen LogP contribution in [0.25, 0.3) is 0 Å². The fourth-order valence-electron chi connectivity index (χ4n) is 2.05. The van der Waals surface area contributed by atoms with Crippen molar-refractivity contribution in [2.45, 2.75) is 45.8 Å². The van der Waals surface area contributed by atoms with E-state index in [1.54, 1.807) is 13.8 Å². The van der Waals surface area contributed by atoms with E-state index in [-0.39, 0.29) is 12.1 Å². The zero-order valence-corrected chi connectivity index (χ0v) is 12.4. The van der Waals surface area contributed by atoms with Crippen molar-refractivity contribution >= 4 is 16.3 Å². The van der Waals surface area contributed by atoms with E-state index in [2.05, 4.69) is 0 Å². The second-order valence-corrected chi connectivity index (χ2v) is 6.83. The van der Waals surface area contributed by atoms with Crippen LogP contribution in [0, 0.1) is 5.92 Å². The number of rotatable bonds is 4. The molecule has 0 aromatic rings. The Bertz CT molecular complexity index is 400. The van der Waals surface area contributed by atoms with Crippen LogP contribution >= 0.6 is 0 Å². The van der Waals surface area contributed by atoms with Crippen LogP contribution in [-0.2, 0) is 14.9 Å². The molecule has 3 N–H and O–H groups in total. The van der Waals surface area contributed by atoms with Gasteiger partial charge in [-0.05, 0) is 39.5 Å². The summed E-state index contributed by atoms with van der Waals surface area (Å²) in [6, 6.07) is 0.0590. The number of hydrogen-bond acceptors (Lipinski definition) is 5. The molecule has 0 spiro atoms. The Kier molecular flexibility index (Phi) is 5.57. The van der Waals surface area contributed by atoms with Gasteiger partial charge in [-0.2, -0.15) is 12.7 Å². The van der Waals surface area contributed by atoms with Gasteiger partial charge in [0.15, 0.2) is 0 Å². The number of carbonyl (C=O) groups is 1. The number of carbonyl (C=O) groups excluding carboxylic acids is 1. The van der Waals surface area contributed by atoms with Crippen molar-refractivity contribution in [3.8, 4) is 0 Å². The van der Waals surface area contributed by atoms with Gasteiger partial charge < -0.3 is 10.5 Å². The Hall–Kier alpha value is -0.860. The van der Waals surface area contributed by atoms with Crippen molar-refractivity contribution < 1.29 is 17.9 Å². The Morgan fingerprint density at radius 1 is 1.32 bits per heavy atom. The van der Waals surface area contributed by atoms with Crippen LogP contribution in [0.4, 0.5) is 4.79 Å². The lowest BCUT2D eigenvalue weighted by atomic mass is 9.92. The summed E-state index contributed by atoms with van der Waals surface area (Å²) < 4.78 is 31.8. The molecule has 0 aliphatic carbocycles. The van der Waals surface area contributed by atoms with Crippen LogP contribution in [0.3, 0.4) is 0 Å². The predicted octanol–water partition coefficient (Wildman–Crippen LogP) is 0.425. The molecular formula is C11H23N3O4S. The lowest BCUT2D eigenvalue weighted by Crippen LogP contribution is -2.48. The highest BCUT2D eigenvalue weighted by Gasteiger charge is 2.30. The summed E-state index contributed by atoms with van der Waals surface area (Å²) in [5.41, 5.74) is 5.80. The first-order chi connectivity index (χ1) is 8.72. The molecule has 19 heavy (non-hydrogen) atoms. The third kappa shape index (κ3) is 4.96. The van der Waals surface area contributed by atoms with Crippen molar-refractivity contribution in [2.75, 3.05) is 13.1 Å². The molecule has 1 atom stereocenters.